The second kappa shape index (κ2) is 6.45. The van der Waals surface area contributed by atoms with Gasteiger partial charge in [0.05, 0.1) is 5.69 Å². The number of nitrogens with zero attached hydrogens (tertiary/aromatic N) is 1. The lowest BCUT2D eigenvalue weighted by molar-refractivity contribution is 0.103. The zero-order chi connectivity index (χ0) is 19.1. The molecule has 0 radical (unpaired) electrons. The van der Waals surface area contributed by atoms with Gasteiger partial charge in [0, 0.05) is 11.3 Å². The van der Waals surface area contributed by atoms with Crippen LogP contribution in [0.4, 0.5) is 0 Å². The summed E-state index contributed by atoms with van der Waals surface area (Å²) in [7, 11) is 0. The molecule has 4 heteroatoms. The fourth-order valence-electron chi connectivity index (χ4n) is 3.06. The number of H-pyrrole nitrogens is 1. The van der Waals surface area contributed by atoms with Gasteiger partial charge in [-0.1, -0.05) is 63.2 Å². The van der Waals surface area contributed by atoms with Gasteiger partial charge in [0.1, 0.15) is 5.56 Å². The number of carbonyl (C=O) groups is 1. The smallest absolute Gasteiger partial charge is 0.282 e. The van der Waals surface area contributed by atoms with E-state index in [4.69, 9.17) is 0 Å². The van der Waals surface area contributed by atoms with Gasteiger partial charge in [-0.3, -0.25) is 14.7 Å². The highest BCUT2D eigenvalue weighted by atomic mass is 16.2. The molecular weight excluding hydrogens is 324 g/mol. The molecule has 0 aliphatic rings. The topological polar surface area (TPSA) is 54.9 Å². The summed E-state index contributed by atoms with van der Waals surface area (Å²) in [4.78, 5) is 25.8. The van der Waals surface area contributed by atoms with E-state index in [1.165, 1.54) is 4.68 Å². The lowest BCUT2D eigenvalue weighted by Crippen LogP contribution is -2.21. The molecule has 3 aromatic rings. The van der Waals surface area contributed by atoms with Crippen molar-refractivity contribution in [1.82, 2.24) is 9.78 Å². The summed E-state index contributed by atoms with van der Waals surface area (Å²) in [5, 5.41) is 3.04. The number of ketones is 1. The number of aryl methyl sites for hydroxylation is 2. The van der Waals surface area contributed by atoms with E-state index in [2.05, 4.69) is 25.9 Å². The number of aromatic nitrogens is 2. The Kier molecular flexibility index (Phi) is 4.45. The third-order valence-electron chi connectivity index (χ3n) is 4.67. The number of hydrogen-bond acceptors (Lipinski definition) is 2. The summed E-state index contributed by atoms with van der Waals surface area (Å²) in [6.07, 6.45) is 0. The van der Waals surface area contributed by atoms with Crippen LogP contribution in [0.15, 0.2) is 53.3 Å². The highest BCUT2D eigenvalue weighted by molar-refractivity contribution is 6.09. The predicted molar refractivity (Wildman–Crippen MR) is 104 cm³/mol. The number of para-hydroxylation sites is 1. The zero-order valence-corrected chi connectivity index (χ0v) is 15.9. The summed E-state index contributed by atoms with van der Waals surface area (Å²) >= 11 is 0. The van der Waals surface area contributed by atoms with Crippen LogP contribution in [0.5, 0.6) is 0 Å². The Morgan fingerprint density at radius 3 is 2.15 bits per heavy atom. The molecule has 4 nitrogen and oxygen atoms in total. The van der Waals surface area contributed by atoms with E-state index in [0.29, 0.717) is 11.3 Å². The third kappa shape index (κ3) is 3.15. The lowest BCUT2D eigenvalue weighted by Gasteiger charge is -2.18. The van der Waals surface area contributed by atoms with Crippen LogP contribution in [-0.2, 0) is 5.41 Å². The van der Waals surface area contributed by atoms with Gasteiger partial charge in [-0.15, -0.1) is 0 Å². The van der Waals surface area contributed by atoms with Crippen LogP contribution in [0.3, 0.4) is 0 Å². The van der Waals surface area contributed by atoms with Crippen LogP contribution >= 0.6 is 0 Å². The van der Waals surface area contributed by atoms with Crippen molar-refractivity contribution in [3.05, 3.63) is 86.8 Å². The first kappa shape index (κ1) is 17.9. The number of hydrogen-bond donors (Lipinski definition) is 1. The van der Waals surface area contributed by atoms with Crippen molar-refractivity contribution in [3.8, 4) is 5.69 Å². The molecule has 0 aliphatic carbocycles. The number of rotatable bonds is 3. The molecule has 1 aromatic heterocycles. The molecule has 1 N–H and O–H groups in total. The predicted octanol–water partition coefficient (Wildman–Crippen LogP) is 4.31. The SMILES string of the molecule is Cc1ccccc1-n1[nH]c(C)c(C(=O)c2ccc(C(C)(C)C)cc2)c1=O. The maximum atomic E-state index is 12.9. The van der Waals surface area contributed by atoms with Crippen LogP contribution in [0.2, 0.25) is 0 Å². The van der Waals surface area contributed by atoms with Crippen LogP contribution in [0.1, 0.15) is 53.5 Å². The largest absolute Gasteiger partial charge is 0.295 e. The summed E-state index contributed by atoms with van der Waals surface area (Å²) < 4.78 is 1.45. The molecule has 134 valence electrons. The Hall–Kier alpha value is -2.88. The van der Waals surface area contributed by atoms with Crippen molar-refractivity contribution in [3.63, 3.8) is 0 Å². The molecule has 0 atom stereocenters. The van der Waals surface area contributed by atoms with Gasteiger partial charge in [0.25, 0.3) is 5.56 Å². The molecule has 0 fully saturated rings. The number of aromatic amines is 1. The molecular formula is C22H24N2O2. The summed E-state index contributed by atoms with van der Waals surface area (Å²) in [5.74, 6) is -0.253. The maximum absolute atomic E-state index is 12.9. The van der Waals surface area contributed by atoms with Crippen molar-refractivity contribution < 1.29 is 4.79 Å². The molecule has 0 aliphatic heterocycles. The molecule has 0 spiro atoms. The van der Waals surface area contributed by atoms with Crippen molar-refractivity contribution in [2.75, 3.05) is 0 Å². The second-order valence-electron chi connectivity index (χ2n) is 7.70. The highest BCUT2D eigenvalue weighted by Crippen LogP contribution is 2.23. The van der Waals surface area contributed by atoms with Crippen molar-refractivity contribution in [2.24, 2.45) is 0 Å². The van der Waals surface area contributed by atoms with Gasteiger partial charge in [-0.2, -0.15) is 0 Å². The summed E-state index contributed by atoms with van der Waals surface area (Å²) in [6, 6.07) is 15.1. The van der Waals surface area contributed by atoms with Crippen molar-refractivity contribution in [2.45, 2.75) is 40.0 Å². The van der Waals surface area contributed by atoms with Crippen LogP contribution in [0, 0.1) is 13.8 Å². The van der Waals surface area contributed by atoms with Gasteiger partial charge < -0.3 is 0 Å². The standard InChI is InChI=1S/C22H24N2O2/c1-14-8-6-7-9-18(14)24-21(26)19(15(2)23-24)20(25)16-10-12-17(13-11-16)22(3,4)5/h6-13,23H,1-5H3. The first-order valence-electron chi connectivity index (χ1n) is 8.73. The van der Waals surface area contributed by atoms with Crippen LogP contribution in [0.25, 0.3) is 5.69 Å². The van der Waals surface area contributed by atoms with Crippen molar-refractivity contribution in [1.29, 1.82) is 0 Å². The van der Waals surface area contributed by atoms with E-state index in [9.17, 15) is 9.59 Å². The summed E-state index contributed by atoms with van der Waals surface area (Å²) in [6.45, 7) is 10.1. The van der Waals surface area contributed by atoms with E-state index in [1.54, 1.807) is 19.1 Å². The van der Waals surface area contributed by atoms with E-state index in [0.717, 1.165) is 16.8 Å². The normalized spacial score (nSPS) is 11.6. The molecule has 0 saturated heterocycles. The van der Waals surface area contributed by atoms with E-state index < -0.39 is 0 Å². The van der Waals surface area contributed by atoms with Gasteiger partial charge in [-0.25, -0.2) is 4.68 Å². The quantitative estimate of drug-likeness (QED) is 0.717. The first-order valence-corrected chi connectivity index (χ1v) is 8.73. The minimum atomic E-state index is -0.318. The molecule has 0 bridgehead atoms. The van der Waals surface area contributed by atoms with Gasteiger partial charge in [-0.05, 0) is 36.5 Å². The van der Waals surface area contributed by atoms with E-state index in [-0.39, 0.29) is 22.3 Å². The Balaban J connectivity index is 2.04. The average molecular weight is 348 g/mol. The van der Waals surface area contributed by atoms with E-state index in [1.807, 2.05) is 43.3 Å². The number of benzene rings is 2. The Morgan fingerprint density at radius 1 is 0.962 bits per heavy atom. The first-order chi connectivity index (χ1) is 12.2. The molecule has 26 heavy (non-hydrogen) atoms. The molecule has 0 unspecified atom stereocenters. The Bertz CT molecular complexity index is 1020. The summed E-state index contributed by atoms with van der Waals surface area (Å²) in [5.41, 5.74) is 3.85. The molecule has 0 amide bonds. The molecule has 2 aromatic carbocycles. The fraction of sp³-hybridized carbons (Fsp3) is 0.273. The molecule has 3 rings (SSSR count). The van der Waals surface area contributed by atoms with Crippen LogP contribution in [-0.4, -0.2) is 15.6 Å². The average Bonchev–Trinajstić information content (AvgIpc) is 2.88. The molecule has 0 saturated carbocycles. The Labute approximate surface area is 153 Å². The minimum absolute atomic E-state index is 0.0170. The Morgan fingerprint density at radius 2 is 1.58 bits per heavy atom. The van der Waals surface area contributed by atoms with Gasteiger partial charge in [0.2, 0.25) is 0 Å². The van der Waals surface area contributed by atoms with Crippen molar-refractivity contribution >= 4 is 5.78 Å². The lowest BCUT2D eigenvalue weighted by atomic mass is 9.86. The maximum Gasteiger partial charge on any atom is 0.282 e. The highest BCUT2D eigenvalue weighted by Gasteiger charge is 2.22. The third-order valence-corrected chi connectivity index (χ3v) is 4.67. The molecule has 1 heterocycles. The van der Waals surface area contributed by atoms with Crippen LogP contribution < -0.4 is 5.56 Å². The number of nitrogens with one attached hydrogen (secondary N) is 1. The zero-order valence-electron chi connectivity index (χ0n) is 15.9. The van der Waals surface area contributed by atoms with E-state index >= 15 is 0 Å². The minimum Gasteiger partial charge on any atom is -0.295 e. The fourth-order valence-corrected chi connectivity index (χ4v) is 3.06. The monoisotopic (exact) mass is 348 g/mol. The van der Waals surface area contributed by atoms with Gasteiger partial charge >= 0.3 is 0 Å². The number of carbonyl (C=O) groups excluding carboxylic acids is 1. The second-order valence-corrected chi connectivity index (χ2v) is 7.70. The van der Waals surface area contributed by atoms with Gasteiger partial charge in [0.15, 0.2) is 5.78 Å².